The van der Waals surface area contributed by atoms with Crippen LogP contribution in [0.4, 0.5) is 4.39 Å². The van der Waals surface area contributed by atoms with Gasteiger partial charge in [-0.05, 0) is 12.8 Å². The number of alkyl halides is 2. The van der Waals surface area contributed by atoms with Crippen molar-refractivity contribution in [2.24, 2.45) is 0 Å². The van der Waals surface area contributed by atoms with Gasteiger partial charge >= 0.3 is 0 Å². The first-order valence-corrected chi connectivity index (χ1v) is 4.06. The second kappa shape index (κ2) is 3.52. The van der Waals surface area contributed by atoms with E-state index >= 15 is 0 Å². The summed E-state index contributed by atoms with van der Waals surface area (Å²) in [6.45, 7) is -0.0894. The fraction of sp³-hybridized carbons (Fsp3) is 1.00. The van der Waals surface area contributed by atoms with Crippen LogP contribution in [-0.2, 0) is 4.74 Å². The molecule has 54 valence electrons. The highest BCUT2D eigenvalue weighted by atomic mass is 79.9. The van der Waals surface area contributed by atoms with Gasteiger partial charge < -0.3 is 4.74 Å². The summed E-state index contributed by atoms with van der Waals surface area (Å²) in [6.07, 6.45) is 2.41. The molecule has 0 heterocycles. The summed E-state index contributed by atoms with van der Waals surface area (Å²) in [5, 5.41) is 0. The summed E-state index contributed by atoms with van der Waals surface area (Å²) in [6, 6.07) is 0. The molecule has 0 radical (unpaired) electrons. The Kier molecular flexibility index (Phi) is 2.92. The minimum Gasteiger partial charge on any atom is -0.375 e. The van der Waals surface area contributed by atoms with Crippen LogP contribution in [0, 0.1) is 0 Å². The molecule has 0 aliphatic heterocycles. The lowest BCUT2D eigenvalue weighted by Crippen LogP contribution is -2.32. The molecule has 1 saturated carbocycles. The molecule has 9 heavy (non-hydrogen) atoms. The van der Waals surface area contributed by atoms with E-state index < -0.39 is 0 Å². The predicted molar refractivity (Wildman–Crippen MR) is 37.7 cm³/mol. The van der Waals surface area contributed by atoms with E-state index in [2.05, 4.69) is 15.9 Å². The summed E-state index contributed by atoms with van der Waals surface area (Å²) >= 11 is 3.42. The molecule has 0 saturated heterocycles. The van der Waals surface area contributed by atoms with Gasteiger partial charge in [-0.2, -0.15) is 0 Å². The molecule has 3 heteroatoms. The van der Waals surface area contributed by atoms with Gasteiger partial charge in [0, 0.05) is 4.83 Å². The molecular weight excluding hydrogens is 187 g/mol. The quantitative estimate of drug-likeness (QED) is 0.628. The lowest BCUT2D eigenvalue weighted by Gasteiger charge is -2.30. The Labute approximate surface area is 62.7 Å². The lowest BCUT2D eigenvalue weighted by molar-refractivity contribution is 0.00124. The first kappa shape index (κ1) is 7.48. The van der Waals surface area contributed by atoms with Crippen molar-refractivity contribution in [3.8, 4) is 0 Å². The summed E-state index contributed by atoms with van der Waals surface area (Å²) in [5.41, 5.74) is 0. The number of hydrogen-bond donors (Lipinski definition) is 0. The van der Waals surface area contributed by atoms with Crippen molar-refractivity contribution in [2.45, 2.75) is 23.8 Å². The monoisotopic (exact) mass is 196 g/mol. The zero-order chi connectivity index (χ0) is 6.69. The molecule has 0 spiro atoms. The van der Waals surface area contributed by atoms with Crippen LogP contribution in [0.1, 0.15) is 12.8 Å². The molecule has 0 bridgehead atoms. The van der Waals surface area contributed by atoms with E-state index in [9.17, 15) is 4.39 Å². The van der Waals surface area contributed by atoms with Crippen LogP contribution in [0.5, 0.6) is 0 Å². The fourth-order valence-corrected chi connectivity index (χ4v) is 1.68. The highest BCUT2D eigenvalue weighted by Crippen LogP contribution is 2.29. The maximum absolute atomic E-state index is 11.5. The average molecular weight is 197 g/mol. The molecule has 1 nitrogen and oxygen atoms in total. The highest BCUT2D eigenvalue weighted by molar-refractivity contribution is 9.09. The van der Waals surface area contributed by atoms with Gasteiger partial charge in [-0.3, -0.25) is 0 Å². The van der Waals surface area contributed by atoms with Crippen molar-refractivity contribution in [1.29, 1.82) is 0 Å². The van der Waals surface area contributed by atoms with Gasteiger partial charge in [0.1, 0.15) is 6.67 Å². The van der Waals surface area contributed by atoms with E-state index in [1.807, 2.05) is 0 Å². The Morgan fingerprint density at radius 3 is 2.67 bits per heavy atom. The molecule has 0 amide bonds. The van der Waals surface area contributed by atoms with E-state index in [4.69, 9.17) is 4.74 Å². The Hall–Kier alpha value is 0.370. The molecule has 1 aliphatic rings. The van der Waals surface area contributed by atoms with Crippen molar-refractivity contribution in [2.75, 3.05) is 13.3 Å². The number of rotatable bonds is 3. The van der Waals surface area contributed by atoms with Crippen molar-refractivity contribution in [3.05, 3.63) is 0 Å². The van der Waals surface area contributed by atoms with Crippen molar-refractivity contribution in [3.63, 3.8) is 0 Å². The summed E-state index contributed by atoms with van der Waals surface area (Å²) < 4.78 is 16.6. The highest BCUT2D eigenvalue weighted by Gasteiger charge is 2.26. The zero-order valence-corrected chi connectivity index (χ0v) is 6.73. The normalized spacial score (nSPS) is 34.0. The van der Waals surface area contributed by atoms with Crippen molar-refractivity contribution < 1.29 is 9.13 Å². The zero-order valence-electron chi connectivity index (χ0n) is 5.15. The van der Waals surface area contributed by atoms with Crippen LogP contribution in [-0.4, -0.2) is 24.2 Å². The van der Waals surface area contributed by atoms with Crippen molar-refractivity contribution >= 4 is 15.9 Å². The summed E-state index contributed by atoms with van der Waals surface area (Å²) in [7, 11) is 0. The molecule has 0 aromatic carbocycles. The standard InChI is InChI=1S/C6H10BrFO/c7-5-3-6(4-5)9-2-1-8/h5-6H,1-4H2. The molecule has 0 atom stereocenters. The number of ether oxygens (including phenoxy) is 1. The van der Waals surface area contributed by atoms with Crippen LogP contribution in [0.15, 0.2) is 0 Å². The first-order valence-electron chi connectivity index (χ1n) is 3.14. The second-order valence-corrected chi connectivity index (χ2v) is 3.55. The molecule has 0 unspecified atom stereocenters. The van der Waals surface area contributed by atoms with E-state index in [-0.39, 0.29) is 13.3 Å². The van der Waals surface area contributed by atoms with Crippen LogP contribution in [0.2, 0.25) is 0 Å². The van der Waals surface area contributed by atoms with Gasteiger partial charge in [-0.1, -0.05) is 15.9 Å². The summed E-state index contributed by atoms with van der Waals surface area (Å²) in [4.78, 5) is 0.613. The van der Waals surface area contributed by atoms with Crippen LogP contribution in [0.3, 0.4) is 0 Å². The van der Waals surface area contributed by atoms with Crippen LogP contribution in [0.25, 0.3) is 0 Å². The fourth-order valence-electron chi connectivity index (χ4n) is 0.849. The summed E-state index contributed by atoms with van der Waals surface area (Å²) in [5.74, 6) is 0. The maximum Gasteiger partial charge on any atom is 0.113 e. The van der Waals surface area contributed by atoms with Gasteiger partial charge in [-0.25, -0.2) is 4.39 Å². The third-order valence-corrected chi connectivity index (χ3v) is 2.22. The topological polar surface area (TPSA) is 9.23 Å². The lowest BCUT2D eigenvalue weighted by atomic mass is 9.96. The Bertz CT molecular complexity index is 83.1. The second-order valence-electron chi connectivity index (χ2n) is 2.25. The largest absolute Gasteiger partial charge is 0.375 e. The van der Waals surface area contributed by atoms with Gasteiger partial charge in [0.15, 0.2) is 0 Å². The molecule has 1 rings (SSSR count). The molecule has 0 aromatic heterocycles. The minimum atomic E-state index is -0.358. The number of hydrogen-bond acceptors (Lipinski definition) is 1. The maximum atomic E-state index is 11.5. The molecule has 1 fully saturated rings. The Morgan fingerprint density at radius 2 is 2.22 bits per heavy atom. The van der Waals surface area contributed by atoms with Crippen LogP contribution >= 0.6 is 15.9 Å². The predicted octanol–water partition coefficient (Wildman–Crippen LogP) is 1.90. The smallest absolute Gasteiger partial charge is 0.113 e. The third kappa shape index (κ3) is 2.22. The molecular formula is C6H10BrFO. The molecule has 0 aromatic rings. The molecule has 0 N–H and O–H groups in total. The number of halogens is 2. The van der Waals surface area contributed by atoms with E-state index in [1.54, 1.807) is 0 Å². The SMILES string of the molecule is FCCOC1CC(Br)C1. The van der Waals surface area contributed by atoms with Gasteiger partial charge in [0.05, 0.1) is 12.7 Å². The van der Waals surface area contributed by atoms with Crippen molar-refractivity contribution in [1.82, 2.24) is 0 Å². The third-order valence-electron chi connectivity index (χ3n) is 1.47. The van der Waals surface area contributed by atoms with Gasteiger partial charge in [0.2, 0.25) is 0 Å². The molecule has 1 aliphatic carbocycles. The van der Waals surface area contributed by atoms with E-state index in [0.29, 0.717) is 10.9 Å². The first-order chi connectivity index (χ1) is 4.33. The Balaban J connectivity index is 1.91. The van der Waals surface area contributed by atoms with Crippen LogP contribution < -0.4 is 0 Å². The average Bonchev–Trinajstić information content (AvgIpc) is 1.78. The van der Waals surface area contributed by atoms with Gasteiger partial charge in [-0.15, -0.1) is 0 Å². The minimum absolute atomic E-state index is 0.268. The van der Waals surface area contributed by atoms with E-state index in [1.165, 1.54) is 0 Å². The van der Waals surface area contributed by atoms with Gasteiger partial charge in [0.25, 0.3) is 0 Å². The van der Waals surface area contributed by atoms with E-state index in [0.717, 1.165) is 12.8 Å². The Morgan fingerprint density at radius 1 is 1.56 bits per heavy atom.